The smallest absolute Gasteiger partial charge is 0.263 e. The van der Waals surface area contributed by atoms with E-state index < -0.39 is 0 Å². The topological polar surface area (TPSA) is 71.5 Å². The van der Waals surface area contributed by atoms with Crippen molar-refractivity contribution < 1.29 is 14.6 Å². The van der Waals surface area contributed by atoms with Crippen LogP contribution >= 0.6 is 11.3 Å². The predicted octanol–water partition coefficient (Wildman–Crippen LogP) is 0.834. The summed E-state index contributed by atoms with van der Waals surface area (Å²) in [6, 6.07) is 0. The van der Waals surface area contributed by atoms with Crippen molar-refractivity contribution in [2.45, 2.75) is 19.8 Å². The van der Waals surface area contributed by atoms with Crippen LogP contribution < -0.4 is 5.32 Å². The van der Waals surface area contributed by atoms with E-state index in [2.05, 4.69) is 10.3 Å². The van der Waals surface area contributed by atoms with Crippen LogP contribution in [0.4, 0.5) is 0 Å². The Morgan fingerprint density at radius 2 is 2.41 bits per heavy atom. The van der Waals surface area contributed by atoms with E-state index in [1.54, 1.807) is 5.51 Å². The average molecular weight is 258 g/mol. The molecular formula is C11H18N2O3S. The Bertz CT molecular complexity index is 341. The highest BCUT2D eigenvalue weighted by molar-refractivity contribution is 7.11. The van der Waals surface area contributed by atoms with Crippen LogP contribution in [-0.2, 0) is 11.2 Å². The lowest BCUT2D eigenvalue weighted by Gasteiger charge is -2.05. The molecule has 96 valence electrons. The van der Waals surface area contributed by atoms with Crippen molar-refractivity contribution >= 4 is 17.2 Å². The van der Waals surface area contributed by atoms with Gasteiger partial charge in [0.1, 0.15) is 4.88 Å². The first kappa shape index (κ1) is 14.1. The molecule has 0 aliphatic carbocycles. The minimum atomic E-state index is -0.0634. The average Bonchev–Trinajstić information content (AvgIpc) is 2.81. The number of nitrogens with zero attached hydrogens (tertiary/aromatic N) is 1. The highest BCUT2D eigenvalue weighted by atomic mass is 32.1. The molecule has 5 nitrogen and oxygen atoms in total. The molecule has 1 rings (SSSR count). The normalized spacial score (nSPS) is 10.5. The van der Waals surface area contributed by atoms with Crippen molar-refractivity contribution in [3.63, 3.8) is 0 Å². The number of hydrogen-bond acceptors (Lipinski definition) is 5. The van der Waals surface area contributed by atoms with E-state index in [4.69, 9.17) is 9.84 Å². The Hall–Kier alpha value is -0.980. The van der Waals surface area contributed by atoms with E-state index in [0.717, 1.165) is 18.5 Å². The van der Waals surface area contributed by atoms with Crippen molar-refractivity contribution in [3.8, 4) is 0 Å². The fraction of sp³-hybridized carbons (Fsp3) is 0.636. The zero-order valence-electron chi connectivity index (χ0n) is 9.94. The van der Waals surface area contributed by atoms with E-state index in [9.17, 15) is 4.79 Å². The summed E-state index contributed by atoms with van der Waals surface area (Å²) < 4.78 is 5.09. The van der Waals surface area contributed by atoms with Crippen molar-refractivity contribution in [1.82, 2.24) is 10.3 Å². The molecule has 1 aromatic rings. The summed E-state index contributed by atoms with van der Waals surface area (Å²) in [4.78, 5) is 16.6. The molecule has 0 aliphatic heterocycles. The van der Waals surface area contributed by atoms with E-state index >= 15 is 0 Å². The summed E-state index contributed by atoms with van der Waals surface area (Å²) in [6.07, 6.45) is 1.51. The van der Waals surface area contributed by atoms with Crippen LogP contribution in [0.1, 0.15) is 28.7 Å². The highest BCUT2D eigenvalue weighted by Crippen LogP contribution is 2.13. The summed E-state index contributed by atoms with van der Waals surface area (Å²) in [5, 5.41) is 11.3. The minimum Gasteiger partial charge on any atom is -0.394 e. The number of aromatic nitrogens is 1. The third kappa shape index (κ3) is 4.80. The van der Waals surface area contributed by atoms with Gasteiger partial charge in [-0.2, -0.15) is 0 Å². The molecule has 6 heteroatoms. The summed E-state index contributed by atoms with van der Waals surface area (Å²) in [5.74, 6) is -0.0634. The molecule has 1 aromatic heterocycles. The monoisotopic (exact) mass is 258 g/mol. The molecule has 0 atom stereocenters. The van der Waals surface area contributed by atoms with Gasteiger partial charge in [-0.05, 0) is 12.8 Å². The molecule has 0 fully saturated rings. The van der Waals surface area contributed by atoms with Gasteiger partial charge in [0.2, 0.25) is 0 Å². The lowest BCUT2D eigenvalue weighted by atomic mass is 10.3. The second kappa shape index (κ2) is 8.16. The van der Waals surface area contributed by atoms with Crippen LogP contribution in [0.3, 0.4) is 0 Å². The number of aryl methyl sites for hydroxylation is 1. The Kier molecular flexibility index (Phi) is 6.76. The van der Waals surface area contributed by atoms with Gasteiger partial charge in [0.05, 0.1) is 24.4 Å². The maximum absolute atomic E-state index is 11.8. The first-order valence-corrected chi connectivity index (χ1v) is 6.56. The van der Waals surface area contributed by atoms with Crippen LogP contribution in [0.15, 0.2) is 5.51 Å². The molecule has 0 aliphatic rings. The molecule has 0 radical (unpaired) electrons. The second-order valence-electron chi connectivity index (χ2n) is 3.43. The fourth-order valence-corrected chi connectivity index (χ4v) is 2.13. The van der Waals surface area contributed by atoms with Crippen LogP contribution in [0.5, 0.6) is 0 Å². The molecule has 0 saturated heterocycles. The van der Waals surface area contributed by atoms with Gasteiger partial charge in [0.25, 0.3) is 5.91 Å². The number of ether oxygens (including phenoxy) is 1. The number of hydrogen-bond donors (Lipinski definition) is 2. The SMILES string of the molecule is CCc1ncsc1C(=O)NCCCOCCO. The molecule has 17 heavy (non-hydrogen) atoms. The standard InChI is InChI=1S/C11H18N2O3S/c1-2-9-10(17-8-13-9)11(15)12-4-3-6-16-7-5-14/h8,14H,2-7H2,1H3,(H,12,15). The van der Waals surface area contributed by atoms with Crippen molar-refractivity contribution in [1.29, 1.82) is 0 Å². The Morgan fingerprint density at radius 1 is 1.59 bits per heavy atom. The van der Waals surface area contributed by atoms with Gasteiger partial charge in [-0.1, -0.05) is 6.92 Å². The maximum atomic E-state index is 11.8. The zero-order chi connectivity index (χ0) is 12.5. The first-order chi connectivity index (χ1) is 8.29. The summed E-state index contributed by atoms with van der Waals surface area (Å²) in [6.45, 7) is 3.49. The van der Waals surface area contributed by atoms with Gasteiger partial charge in [0, 0.05) is 13.2 Å². The first-order valence-electron chi connectivity index (χ1n) is 5.68. The zero-order valence-corrected chi connectivity index (χ0v) is 10.8. The van der Waals surface area contributed by atoms with Crippen LogP contribution in [-0.4, -0.2) is 42.4 Å². The van der Waals surface area contributed by atoms with Gasteiger partial charge in [-0.3, -0.25) is 4.79 Å². The number of rotatable bonds is 8. The van der Waals surface area contributed by atoms with Crippen molar-refractivity contribution in [3.05, 3.63) is 16.1 Å². The quantitative estimate of drug-likeness (QED) is 0.678. The van der Waals surface area contributed by atoms with Crippen LogP contribution in [0.25, 0.3) is 0 Å². The van der Waals surface area contributed by atoms with Gasteiger partial charge >= 0.3 is 0 Å². The largest absolute Gasteiger partial charge is 0.394 e. The molecule has 1 heterocycles. The van der Waals surface area contributed by atoms with E-state index in [1.165, 1.54) is 11.3 Å². The lowest BCUT2D eigenvalue weighted by molar-refractivity contribution is 0.0869. The molecule has 0 bridgehead atoms. The number of carbonyl (C=O) groups is 1. The predicted molar refractivity (Wildman–Crippen MR) is 66.3 cm³/mol. The Balaban J connectivity index is 2.21. The number of carbonyl (C=O) groups excluding carboxylic acids is 1. The van der Waals surface area contributed by atoms with Gasteiger partial charge in [0.15, 0.2) is 0 Å². The Morgan fingerprint density at radius 3 is 3.12 bits per heavy atom. The molecule has 0 spiro atoms. The van der Waals surface area contributed by atoms with E-state index in [0.29, 0.717) is 24.6 Å². The fourth-order valence-electron chi connectivity index (χ4n) is 1.33. The summed E-state index contributed by atoms with van der Waals surface area (Å²) >= 11 is 1.37. The summed E-state index contributed by atoms with van der Waals surface area (Å²) in [7, 11) is 0. The molecule has 0 aromatic carbocycles. The molecule has 2 N–H and O–H groups in total. The van der Waals surface area contributed by atoms with Gasteiger partial charge < -0.3 is 15.2 Å². The number of nitrogens with one attached hydrogen (secondary N) is 1. The van der Waals surface area contributed by atoms with Gasteiger partial charge in [-0.15, -0.1) is 11.3 Å². The molecule has 1 amide bonds. The van der Waals surface area contributed by atoms with Gasteiger partial charge in [-0.25, -0.2) is 4.98 Å². The van der Waals surface area contributed by atoms with Crippen LogP contribution in [0.2, 0.25) is 0 Å². The Labute approximate surface area is 105 Å². The van der Waals surface area contributed by atoms with E-state index in [-0.39, 0.29) is 12.5 Å². The lowest BCUT2D eigenvalue weighted by Crippen LogP contribution is -2.25. The summed E-state index contributed by atoms with van der Waals surface area (Å²) in [5.41, 5.74) is 2.54. The number of aliphatic hydroxyl groups excluding tert-OH is 1. The maximum Gasteiger partial charge on any atom is 0.263 e. The molecular weight excluding hydrogens is 240 g/mol. The second-order valence-corrected chi connectivity index (χ2v) is 4.28. The molecule has 0 unspecified atom stereocenters. The highest BCUT2D eigenvalue weighted by Gasteiger charge is 2.12. The van der Waals surface area contributed by atoms with E-state index in [1.807, 2.05) is 6.92 Å². The van der Waals surface area contributed by atoms with Crippen molar-refractivity contribution in [2.24, 2.45) is 0 Å². The van der Waals surface area contributed by atoms with Crippen molar-refractivity contribution in [2.75, 3.05) is 26.4 Å². The number of amides is 1. The third-order valence-corrected chi connectivity index (χ3v) is 3.04. The molecule has 0 saturated carbocycles. The number of thiazole rings is 1. The van der Waals surface area contributed by atoms with Crippen LogP contribution in [0, 0.1) is 0 Å². The third-order valence-electron chi connectivity index (χ3n) is 2.17. The minimum absolute atomic E-state index is 0.0348. The number of aliphatic hydroxyl groups is 1.